The van der Waals surface area contributed by atoms with E-state index in [4.69, 9.17) is 14.6 Å². The Morgan fingerprint density at radius 2 is 1.56 bits per heavy atom. The van der Waals surface area contributed by atoms with Crippen molar-refractivity contribution in [2.75, 3.05) is 19.8 Å². The van der Waals surface area contributed by atoms with Gasteiger partial charge in [0, 0.05) is 6.61 Å². The molecule has 0 amide bonds. The Labute approximate surface area is 153 Å². The van der Waals surface area contributed by atoms with E-state index in [9.17, 15) is 10.2 Å². The molecular weight excluding hydrogens is 320 g/mol. The molecule has 1 fully saturated rings. The molecule has 25 heavy (non-hydrogen) atoms. The van der Waals surface area contributed by atoms with E-state index in [1.807, 2.05) is 0 Å². The predicted molar refractivity (Wildman–Crippen MR) is 99.6 cm³/mol. The van der Waals surface area contributed by atoms with Crippen LogP contribution >= 0.6 is 0 Å². The number of rotatable bonds is 14. The summed E-state index contributed by atoms with van der Waals surface area (Å²) < 4.78 is 10.9. The average molecular weight is 359 g/mol. The van der Waals surface area contributed by atoms with Crippen LogP contribution in [0.15, 0.2) is 12.2 Å². The van der Waals surface area contributed by atoms with E-state index in [2.05, 4.69) is 19.1 Å². The minimum atomic E-state index is -1.08. The second-order valence-corrected chi connectivity index (χ2v) is 6.97. The molecule has 148 valence electrons. The zero-order chi connectivity index (χ0) is 18.3. The summed E-state index contributed by atoms with van der Waals surface area (Å²) in [6.45, 7) is 2.72. The SMILES string of the molecule is CCCCC/C=C/CCCCCCCO[C@H]1CO[C@H](CO)[C@@H](O)[C@@H]1O. The molecule has 3 N–H and O–H groups in total. The number of unbranched alkanes of at least 4 members (excludes halogenated alkanes) is 8. The van der Waals surface area contributed by atoms with E-state index in [-0.39, 0.29) is 13.2 Å². The van der Waals surface area contributed by atoms with Crippen molar-refractivity contribution in [3.05, 3.63) is 12.2 Å². The molecule has 0 radical (unpaired) electrons. The molecule has 0 spiro atoms. The fraction of sp³-hybridized carbons (Fsp3) is 0.900. The Balaban J connectivity index is 1.92. The minimum Gasteiger partial charge on any atom is -0.394 e. The summed E-state index contributed by atoms with van der Waals surface area (Å²) in [6.07, 6.45) is 13.4. The monoisotopic (exact) mass is 358 g/mol. The van der Waals surface area contributed by atoms with E-state index in [1.165, 1.54) is 51.4 Å². The van der Waals surface area contributed by atoms with Gasteiger partial charge in [0.1, 0.15) is 24.4 Å². The third-order valence-electron chi connectivity index (χ3n) is 4.75. The molecule has 0 saturated carbocycles. The molecule has 0 unspecified atom stereocenters. The molecule has 5 nitrogen and oxygen atoms in total. The molecule has 1 rings (SSSR count). The summed E-state index contributed by atoms with van der Waals surface area (Å²) in [5, 5.41) is 28.8. The number of allylic oxidation sites excluding steroid dienone is 2. The van der Waals surface area contributed by atoms with Crippen LogP contribution in [0, 0.1) is 0 Å². The van der Waals surface area contributed by atoms with Crippen molar-refractivity contribution in [1.82, 2.24) is 0 Å². The van der Waals surface area contributed by atoms with Crippen molar-refractivity contribution in [3.63, 3.8) is 0 Å². The molecule has 0 aromatic rings. The lowest BCUT2D eigenvalue weighted by Crippen LogP contribution is -2.55. The summed E-state index contributed by atoms with van der Waals surface area (Å²) in [6, 6.07) is 0. The van der Waals surface area contributed by atoms with E-state index < -0.39 is 24.4 Å². The Morgan fingerprint density at radius 1 is 0.920 bits per heavy atom. The molecule has 0 aromatic heterocycles. The van der Waals surface area contributed by atoms with Gasteiger partial charge in [-0.2, -0.15) is 0 Å². The molecule has 0 bridgehead atoms. The van der Waals surface area contributed by atoms with Gasteiger partial charge < -0.3 is 24.8 Å². The lowest BCUT2D eigenvalue weighted by molar-refractivity contribution is -0.208. The van der Waals surface area contributed by atoms with Crippen LogP contribution < -0.4 is 0 Å². The zero-order valence-electron chi connectivity index (χ0n) is 15.8. The maximum Gasteiger partial charge on any atom is 0.111 e. The highest BCUT2D eigenvalue weighted by Gasteiger charge is 2.38. The van der Waals surface area contributed by atoms with Gasteiger partial charge in [0.25, 0.3) is 0 Å². The van der Waals surface area contributed by atoms with E-state index in [1.54, 1.807) is 0 Å². The summed E-state index contributed by atoms with van der Waals surface area (Å²) in [7, 11) is 0. The Hall–Kier alpha value is -0.460. The molecular formula is C20H38O5. The fourth-order valence-electron chi connectivity index (χ4n) is 3.04. The first-order valence-electron chi connectivity index (χ1n) is 10.1. The third-order valence-corrected chi connectivity index (χ3v) is 4.75. The zero-order valence-corrected chi connectivity index (χ0v) is 15.8. The van der Waals surface area contributed by atoms with Crippen LogP contribution in [0.4, 0.5) is 0 Å². The molecule has 4 atom stereocenters. The van der Waals surface area contributed by atoms with Gasteiger partial charge in [-0.15, -0.1) is 0 Å². The summed E-state index contributed by atoms with van der Waals surface area (Å²) >= 11 is 0. The lowest BCUT2D eigenvalue weighted by atomic mass is 10.0. The van der Waals surface area contributed by atoms with Crippen LogP contribution in [0.1, 0.15) is 71.1 Å². The maximum atomic E-state index is 9.96. The predicted octanol–water partition coefficient (Wildman–Crippen LogP) is 2.96. The fourth-order valence-corrected chi connectivity index (χ4v) is 3.04. The number of aliphatic hydroxyl groups is 3. The van der Waals surface area contributed by atoms with Gasteiger partial charge in [-0.25, -0.2) is 0 Å². The van der Waals surface area contributed by atoms with Crippen LogP contribution in [0.5, 0.6) is 0 Å². The van der Waals surface area contributed by atoms with Crippen molar-refractivity contribution < 1.29 is 24.8 Å². The van der Waals surface area contributed by atoms with Crippen molar-refractivity contribution >= 4 is 0 Å². The van der Waals surface area contributed by atoms with Crippen LogP contribution in [-0.4, -0.2) is 59.6 Å². The first-order valence-corrected chi connectivity index (χ1v) is 10.1. The standard InChI is InChI=1S/C20H38O5/c1-2-3-4-5-6-7-8-9-10-11-12-13-14-24-18-16-25-17(15-21)19(22)20(18)23/h6-7,17-23H,2-5,8-16H2,1H3/b7-6+/t17-,18+,19-,20-/m1/s1. The first kappa shape index (κ1) is 22.6. The van der Waals surface area contributed by atoms with Crippen LogP contribution in [0.25, 0.3) is 0 Å². The van der Waals surface area contributed by atoms with E-state index >= 15 is 0 Å². The van der Waals surface area contributed by atoms with Crippen LogP contribution in [0.3, 0.4) is 0 Å². The van der Waals surface area contributed by atoms with Crippen molar-refractivity contribution in [2.45, 2.75) is 95.5 Å². The largest absolute Gasteiger partial charge is 0.394 e. The number of hydrogen-bond acceptors (Lipinski definition) is 5. The second kappa shape index (κ2) is 14.7. The van der Waals surface area contributed by atoms with Crippen molar-refractivity contribution in [3.8, 4) is 0 Å². The summed E-state index contributed by atoms with van der Waals surface area (Å²) in [5.41, 5.74) is 0. The quantitative estimate of drug-likeness (QED) is 0.329. The molecule has 1 aliphatic heterocycles. The lowest BCUT2D eigenvalue weighted by Gasteiger charge is -2.36. The van der Waals surface area contributed by atoms with Gasteiger partial charge in [0.05, 0.1) is 13.2 Å². The highest BCUT2D eigenvalue weighted by atomic mass is 16.6. The summed E-state index contributed by atoms with van der Waals surface area (Å²) in [5.74, 6) is 0. The second-order valence-electron chi connectivity index (χ2n) is 6.97. The normalized spacial score (nSPS) is 27.2. The number of aliphatic hydroxyl groups excluding tert-OH is 3. The van der Waals surface area contributed by atoms with Crippen LogP contribution in [0.2, 0.25) is 0 Å². The molecule has 0 aliphatic carbocycles. The molecule has 1 saturated heterocycles. The smallest absolute Gasteiger partial charge is 0.111 e. The molecule has 0 aromatic carbocycles. The van der Waals surface area contributed by atoms with Crippen LogP contribution in [-0.2, 0) is 9.47 Å². The van der Waals surface area contributed by atoms with Gasteiger partial charge in [0.15, 0.2) is 0 Å². The van der Waals surface area contributed by atoms with E-state index in [0.717, 1.165) is 12.8 Å². The van der Waals surface area contributed by atoms with Gasteiger partial charge in [-0.05, 0) is 32.1 Å². The van der Waals surface area contributed by atoms with Crippen molar-refractivity contribution in [1.29, 1.82) is 0 Å². The maximum absolute atomic E-state index is 9.96. The van der Waals surface area contributed by atoms with Gasteiger partial charge in [0.2, 0.25) is 0 Å². The highest BCUT2D eigenvalue weighted by Crippen LogP contribution is 2.18. The summed E-state index contributed by atoms with van der Waals surface area (Å²) in [4.78, 5) is 0. The number of hydrogen-bond donors (Lipinski definition) is 3. The molecule has 1 aliphatic rings. The van der Waals surface area contributed by atoms with Gasteiger partial charge >= 0.3 is 0 Å². The van der Waals surface area contributed by atoms with Crippen molar-refractivity contribution in [2.24, 2.45) is 0 Å². The average Bonchev–Trinajstić information content (AvgIpc) is 2.62. The third kappa shape index (κ3) is 9.71. The van der Waals surface area contributed by atoms with Gasteiger partial charge in [-0.1, -0.05) is 51.2 Å². The Kier molecular flexibility index (Phi) is 13.3. The molecule has 1 heterocycles. The van der Waals surface area contributed by atoms with Gasteiger partial charge in [-0.3, -0.25) is 0 Å². The Bertz CT molecular complexity index is 334. The molecule has 5 heteroatoms. The number of ether oxygens (including phenoxy) is 2. The highest BCUT2D eigenvalue weighted by molar-refractivity contribution is 4.87. The minimum absolute atomic E-state index is 0.216. The van der Waals surface area contributed by atoms with E-state index in [0.29, 0.717) is 6.61 Å². The Morgan fingerprint density at radius 3 is 2.24 bits per heavy atom. The topological polar surface area (TPSA) is 79.2 Å². The first-order chi connectivity index (χ1) is 12.2.